The van der Waals surface area contributed by atoms with Crippen LogP contribution < -0.4 is 5.32 Å². The van der Waals surface area contributed by atoms with Crippen molar-refractivity contribution >= 4 is 0 Å². The lowest BCUT2D eigenvalue weighted by atomic mass is 9.70. The summed E-state index contributed by atoms with van der Waals surface area (Å²) in [6, 6.07) is 1.82. The van der Waals surface area contributed by atoms with Gasteiger partial charge in [0, 0.05) is 18.6 Å². The highest BCUT2D eigenvalue weighted by molar-refractivity contribution is 5.02. The van der Waals surface area contributed by atoms with Crippen molar-refractivity contribution in [2.24, 2.45) is 5.41 Å². The molecule has 0 aromatic rings. The van der Waals surface area contributed by atoms with Crippen molar-refractivity contribution in [1.82, 2.24) is 10.2 Å². The van der Waals surface area contributed by atoms with E-state index >= 15 is 0 Å². The number of piperidine rings is 2. The number of nitrogens with zero attached hydrogens (tertiary/aromatic N) is 1. The van der Waals surface area contributed by atoms with E-state index in [1.807, 2.05) is 0 Å². The molecule has 14 heavy (non-hydrogen) atoms. The molecule has 0 aromatic heterocycles. The molecule has 3 heterocycles. The summed E-state index contributed by atoms with van der Waals surface area (Å²) in [6.07, 6.45) is 8.75. The standard InChI is InChI=1S/C12H22N2/c1-14-10-3-4-11(14)8-12(7-10)5-2-6-13-9-12/h10-11,13H,2-9H2,1H3. The van der Waals surface area contributed by atoms with E-state index in [2.05, 4.69) is 17.3 Å². The van der Waals surface area contributed by atoms with E-state index < -0.39 is 0 Å². The zero-order valence-corrected chi connectivity index (χ0v) is 9.26. The van der Waals surface area contributed by atoms with Crippen molar-refractivity contribution in [3.63, 3.8) is 0 Å². The Labute approximate surface area is 87.0 Å². The second-order valence-electron chi connectivity index (χ2n) is 5.74. The van der Waals surface area contributed by atoms with Crippen LogP contribution in [0.1, 0.15) is 38.5 Å². The largest absolute Gasteiger partial charge is 0.316 e. The second-order valence-corrected chi connectivity index (χ2v) is 5.74. The van der Waals surface area contributed by atoms with Gasteiger partial charge in [0.25, 0.3) is 0 Å². The fourth-order valence-corrected chi connectivity index (χ4v) is 4.04. The topological polar surface area (TPSA) is 15.3 Å². The summed E-state index contributed by atoms with van der Waals surface area (Å²) in [5.41, 5.74) is 0.691. The van der Waals surface area contributed by atoms with Gasteiger partial charge in [-0.25, -0.2) is 0 Å². The van der Waals surface area contributed by atoms with Crippen molar-refractivity contribution < 1.29 is 0 Å². The third-order valence-electron chi connectivity index (χ3n) is 4.88. The lowest BCUT2D eigenvalue weighted by molar-refractivity contribution is 0.0411. The number of hydrogen-bond acceptors (Lipinski definition) is 2. The van der Waals surface area contributed by atoms with Gasteiger partial charge in [0.2, 0.25) is 0 Å². The quantitative estimate of drug-likeness (QED) is 0.630. The maximum Gasteiger partial charge on any atom is 0.0101 e. The van der Waals surface area contributed by atoms with Crippen molar-refractivity contribution in [3.05, 3.63) is 0 Å². The molecule has 0 radical (unpaired) electrons. The van der Waals surface area contributed by atoms with E-state index in [0.29, 0.717) is 5.41 Å². The Morgan fingerprint density at radius 2 is 1.93 bits per heavy atom. The predicted molar refractivity (Wildman–Crippen MR) is 58.3 cm³/mol. The van der Waals surface area contributed by atoms with Gasteiger partial charge >= 0.3 is 0 Å². The van der Waals surface area contributed by atoms with E-state index in [0.717, 1.165) is 12.1 Å². The van der Waals surface area contributed by atoms with Crippen LogP contribution in [0.5, 0.6) is 0 Å². The van der Waals surface area contributed by atoms with E-state index in [4.69, 9.17) is 0 Å². The van der Waals surface area contributed by atoms with Crippen LogP contribution in [0.3, 0.4) is 0 Å². The normalized spacial score (nSPS) is 48.6. The monoisotopic (exact) mass is 194 g/mol. The highest BCUT2D eigenvalue weighted by Gasteiger charge is 2.46. The zero-order chi connectivity index (χ0) is 9.60. The van der Waals surface area contributed by atoms with Crippen molar-refractivity contribution in [2.45, 2.75) is 50.6 Å². The van der Waals surface area contributed by atoms with Crippen LogP contribution in [-0.4, -0.2) is 37.1 Å². The molecule has 2 heteroatoms. The third-order valence-corrected chi connectivity index (χ3v) is 4.88. The first-order valence-corrected chi connectivity index (χ1v) is 6.22. The molecule has 80 valence electrons. The first-order chi connectivity index (χ1) is 6.79. The Hall–Kier alpha value is -0.0800. The van der Waals surface area contributed by atoms with Crippen LogP contribution in [0.15, 0.2) is 0 Å². The van der Waals surface area contributed by atoms with Gasteiger partial charge in [0.15, 0.2) is 0 Å². The maximum atomic E-state index is 3.61. The van der Waals surface area contributed by atoms with Gasteiger partial charge in [-0.2, -0.15) is 0 Å². The van der Waals surface area contributed by atoms with Crippen LogP contribution in [0, 0.1) is 5.41 Å². The molecule has 3 aliphatic heterocycles. The summed E-state index contributed by atoms with van der Waals surface area (Å²) in [4.78, 5) is 2.65. The molecule has 3 saturated heterocycles. The summed E-state index contributed by atoms with van der Waals surface area (Å²) in [5.74, 6) is 0. The minimum atomic E-state index is 0.691. The first kappa shape index (κ1) is 9.17. The molecular weight excluding hydrogens is 172 g/mol. The van der Waals surface area contributed by atoms with Gasteiger partial charge in [-0.05, 0) is 57.5 Å². The van der Waals surface area contributed by atoms with E-state index in [-0.39, 0.29) is 0 Å². The third kappa shape index (κ3) is 1.31. The van der Waals surface area contributed by atoms with Crippen molar-refractivity contribution in [2.75, 3.05) is 20.1 Å². The summed E-state index contributed by atoms with van der Waals surface area (Å²) < 4.78 is 0. The van der Waals surface area contributed by atoms with Gasteiger partial charge in [-0.1, -0.05) is 0 Å². The minimum Gasteiger partial charge on any atom is -0.316 e. The molecule has 3 aliphatic rings. The highest BCUT2D eigenvalue weighted by Crippen LogP contribution is 2.47. The molecule has 1 spiro atoms. The van der Waals surface area contributed by atoms with Gasteiger partial charge in [-0.15, -0.1) is 0 Å². The Bertz CT molecular complexity index is 204. The zero-order valence-electron chi connectivity index (χ0n) is 9.26. The molecule has 1 N–H and O–H groups in total. The Morgan fingerprint density at radius 3 is 2.50 bits per heavy atom. The molecule has 2 nitrogen and oxygen atoms in total. The van der Waals surface area contributed by atoms with Crippen LogP contribution in [-0.2, 0) is 0 Å². The fraction of sp³-hybridized carbons (Fsp3) is 1.00. The van der Waals surface area contributed by atoms with Crippen LogP contribution in [0.25, 0.3) is 0 Å². The molecule has 2 bridgehead atoms. The molecule has 0 aliphatic carbocycles. The minimum absolute atomic E-state index is 0.691. The number of rotatable bonds is 0. The van der Waals surface area contributed by atoms with Crippen molar-refractivity contribution in [1.29, 1.82) is 0 Å². The summed E-state index contributed by atoms with van der Waals surface area (Å²) in [5, 5.41) is 3.61. The molecular formula is C12H22N2. The second kappa shape index (κ2) is 3.21. The molecule has 2 unspecified atom stereocenters. The molecule has 3 rings (SSSR count). The van der Waals surface area contributed by atoms with E-state index in [1.165, 1.54) is 51.6 Å². The first-order valence-electron chi connectivity index (χ1n) is 6.22. The maximum absolute atomic E-state index is 3.61. The van der Waals surface area contributed by atoms with Crippen LogP contribution in [0.2, 0.25) is 0 Å². The van der Waals surface area contributed by atoms with E-state index in [9.17, 15) is 0 Å². The smallest absolute Gasteiger partial charge is 0.0101 e. The van der Waals surface area contributed by atoms with Crippen LogP contribution in [0.4, 0.5) is 0 Å². The Kier molecular flexibility index (Phi) is 2.10. The Balaban J connectivity index is 1.77. The SMILES string of the molecule is CN1C2CCC1CC1(CCCNC1)C2. The Morgan fingerprint density at radius 1 is 1.21 bits per heavy atom. The van der Waals surface area contributed by atoms with Crippen molar-refractivity contribution in [3.8, 4) is 0 Å². The predicted octanol–water partition coefficient (Wildman–Crippen LogP) is 1.61. The summed E-state index contributed by atoms with van der Waals surface area (Å²) >= 11 is 0. The lowest BCUT2D eigenvalue weighted by Gasteiger charge is -2.47. The average Bonchev–Trinajstić information content (AvgIpc) is 2.45. The van der Waals surface area contributed by atoms with Gasteiger partial charge < -0.3 is 10.2 Å². The fourth-order valence-electron chi connectivity index (χ4n) is 4.04. The molecule has 0 saturated carbocycles. The van der Waals surface area contributed by atoms with Crippen LogP contribution >= 0.6 is 0 Å². The van der Waals surface area contributed by atoms with Gasteiger partial charge in [0.1, 0.15) is 0 Å². The molecule has 3 fully saturated rings. The lowest BCUT2D eigenvalue weighted by Crippen LogP contribution is -2.51. The molecule has 2 atom stereocenters. The highest BCUT2D eigenvalue weighted by atomic mass is 15.2. The number of hydrogen-bond donors (Lipinski definition) is 1. The summed E-state index contributed by atoms with van der Waals surface area (Å²) in [7, 11) is 2.34. The number of fused-ring (bicyclic) bond motifs is 2. The van der Waals surface area contributed by atoms with E-state index in [1.54, 1.807) is 0 Å². The molecule has 0 aromatic carbocycles. The van der Waals surface area contributed by atoms with Gasteiger partial charge in [0.05, 0.1) is 0 Å². The number of nitrogens with one attached hydrogen (secondary N) is 1. The molecule has 0 amide bonds. The average molecular weight is 194 g/mol. The summed E-state index contributed by atoms with van der Waals surface area (Å²) in [6.45, 7) is 2.56. The van der Waals surface area contributed by atoms with Gasteiger partial charge in [-0.3, -0.25) is 0 Å².